The molecular formula is C52H54FN4OPt-3. The average Bonchev–Trinajstić information content (AvgIpc) is 3.70. The van der Waals surface area contributed by atoms with Gasteiger partial charge in [0.15, 0.2) is 0 Å². The molecule has 0 atom stereocenters. The number of benzene rings is 5. The molecule has 8 rings (SSSR count). The molecule has 5 aromatic carbocycles. The summed E-state index contributed by atoms with van der Waals surface area (Å²) in [7, 11) is 0. The molecule has 308 valence electrons. The second-order valence-corrected chi connectivity index (χ2v) is 19.8. The molecule has 0 amide bonds. The van der Waals surface area contributed by atoms with Crippen LogP contribution < -0.4 is 14.5 Å². The maximum absolute atomic E-state index is 16.3. The number of anilines is 4. The largest absolute Gasteiger partial charge is 0.509 e. The van der Waals surface area contributed by atoms with E-state index in [4.69, 9.17) is 9.72 Å². The van der Waals surface area contributed by atoms with Crippen molar-refractivity contribution < 1.29 is 30.2 Å². The summed E-state index contributed by atoms with van der Waals surface area (Å²) in [6.07, 6.45) is 1.82. The van der Waals surface area contributed by atoms with Gasteiger partial charge in [0.25, 0.3) is 0 Å². The Kier molecular flexibility index (Phi) is 10.7. The second kappa shape index (κ2) is 15.0. The molecule has 3 heterocycles. The molecule has 0 saturated carbocycles. The van der Waals surface area contributed by atoms with Gasteiger partial charge < -0.3 is 19.1 Å². The molecule has 2 aromatic heterocycles. The van der Waals surface area contributed by atoms with Crippen LogP contribution in [0.1, 0.15) is 105 Å². The van der Waals surface area contributed by atoms with Gasteiger partial charge >= 0.3 is 0 Å². The van der Waals surface area contributed by atoms with E-state index in [0.717, 1.165) is 39.2 Å². The zero-order chi connectivity index (χ0) is 41.5. The Morgan fingerprint density at radius 2 is 1.24 bits per heavy atom. The van der Waals surface area contributed by atoms with Gasteiger partial charge in [0.1, 0.15) is 5.82 Å². The van der Waals surface area contributed by atoms with Crippen molar-refractivity contribution >= 4 is 44.6 Å². The Labute approximate surface area is 364 Å². The number of aromatic nitrogens is 2. The Hall–Kier alpha value is -4.93. The quantitative estimate of drug-likeness (QED) is 0.161. The number of ether oxygens (including phenoxy) is 1. The van der Waals surface area contributed by atoms with Gasteiger partial charge in [0.2, 0.25) is 0 Å². The maximum Gasteiger partial charge on any atom is 0.135 e. The molecular weight excluding hydrogens is 911 g/mol. The predicted octanol–water partition coefficient (Wildman–Crippen LogP) is 14.3. The van der Waals surface area contributed by atoms with Crippen molar-refractivity contribution in [2.75, 3.05) is 9.80 Å². The number of hydrogen-bond acceptors (Lipinski definition) is 4. The predicted molar refractivity (Wildman–Crippen MR) is 239 cm³/mol. The van der Waals surface area contributed by atoms with Crippen molar-refractivity contribution in [1.29, 1.82) is 0 Å². The Bertz CT molecular complexity index is 2670. The Morgan fingerprint density at radius 3 is 1.90 bits per heavy atom. The molecule has 0 spiro atoms. The molecule has 0 unspecified atom stereocenters. The summed E-state index contributed by atoms with van der Waals surface area (Å²) < 4.78 is 24.8. The van der Waals surface area contributed by atoms with E-state index in [0.29, 0.717) is 22.5 Å². The topological polar surface area (TPSA) is 33.5 Å². The minimum absolute atomic E-state index is 0. The van der Waals surface area contributed by atoms with Crippen molar-refractivity contribution in [3.8, 4) is 17.3 Å². The van der Waals surface area contributed by atoms with Gasteiger partial charge in [-0.15, -0.1) is 36.6 Å². The van der Waals surface area contributed by atoms with Crippen LogP contribution in [0.5, 0.6) is 11.5 Å². The van der Waals surface area contributed by atoms with Crippen molar-refractivity contribution in [2.45, 2.75) is 105 Å². The third-order valence-corrected chi connectivity index (χ3v) is 11.2. The maximum atomic E-state index is 16.3. The molecule has 7 aromatic rings. The van der Waals surface area contributed by atoms with Gasteiger partial charge in [-0.05, 0) is 91.8 Å². The van der Waals surface area contributed by atoms with Crippen LogP contribution in [0.3, 0.4) is 0 Å². The van der Waals surface area contributed by atoms with E-state index in [2.05, 4.69) is 154 Å². The van der Waals surface area contributed by atoms with E-state index >= 15 is 4.39 Å². The molecule has 59 heavy (non-hydrogen) atoms. The number of para-hydroxylation sites is 1. The SMILES string of the molecule is CC(C)(C)c1cc(N2[CH-]N(c3[c-]c(Oc4[c-]c5c(c(F)c4)c4ccccc4n5-c4cc(C(C)(C)C)ccn4)ccc3)c3ccc(C(C)(C)C)cc32)cc(C(C)(C)C)c1.[Pt]. The summed E-state index contributed by atoms with van der Waals surface area (Å²) in [6.45, 7) is 29.0. The van der Waals surface area contributed by atoms with Crippen LogP contribution >= 0.6 is 0 Å². The van der Waals surface area contributed by atoms with Crippen LogP contribution in [-0.4, -0.2) is 9.55 Å². The number of fused-ring (bicyclic) bond motifs is 4. The minimum atomic E-state index is -0.388. The van der Waals surface area contributed by atoms with E-state index < -0.39 is 0 Å². The molecule has 1 aliphatic heterocycles. The molecule has 0 radical (unpaired) electrons. The average molecular weight is 965 g/mol. The smallest absolute Gasteiger partial charge is 0.135 e. The van der Waals surface area contributed by atoms with Gasteiger partial charge in [-0.3, -0.25) is 0 Å². The summed E-state index contributed by atoms with van der Waals surface area (Å²) >= 11 is 0. The summed E-state index contributed by atoms with van der Waals surface area (Å²) in [4.78, 5) is 9.22. The van der Waals surface area contributed by atoms with Gasteiger partial charge in [-0.1, -0.05) is 130 Å². The van der Waals surface area contributed by atoms with Crippen molar-refractivity contribution in [1.82, 2.24) is 9.55 Å². The first-order valence-corrected chi connectivity index (χ1v) is 20.2. The van der Waals surface area contributed by atoms with Crippen LogP contribution in [0.2, 0.25) is 0 Å². The fraction of sp³-hybridized carbons (Fsp3) is 0.308. The molecule has 0 fully saturated rings. The number of halogens is 1. The first kappa shape index (κ1) is 42.2. The third-order valence-electron chi connectivity index (χ3n) is 11.2. The first-order valence-electron chi connectivity index (χ1n) is 20.2. The van der Waals surface area contributed by atoms with E-state index in [1.807, 2.05) is 59.3 Å². The zero-order valence-electron chi connectivity index (χ0n) is 36.3. The molecule has 0 aliphatic carbocycles. The molecule has 0 N–H and O–H groups in total. The zero-order valence-corrected chi connectivity index (χ0v) is 38.6. The van der Waals surface area contributed by atoms with Crippen molar-refractivity contribution in [2.24, 2.45) is 0 Å². The normalized spacial score (nSPS) is 13.6. The molecule has 7 heteroatoms. The molecule has 1 aliphatic rings. The van der Waals surface area contributed by atoms with Crippen LogP contribution in [-0.2, 0) is 42.7 Å². The number of pyridine rings is 1. The van der Waals surface area contributed by atoms with E-state index in [-0.39, 0.29) is 54.3 Å². The fourth-order valence-corrected chi connectivity index (χ4v) is 7.64. The molecule has 0 saturated heterocycles. The van der Waals surface area contributed by atoms with Crippen LogP contribution in [0, 0.1) is 24.6 Å². The Morgan fingerprint density at radius 1 is 0.593 bits per heavy atom. The van der Waals surface area contributed by atoms with Crippen LogP contribution in [0.15, 0.2) is 103 Å². The summed E-state index contributed by atoms with van der Waals surface area (Å²) in [5.41, 5.74) is 10.2. The number of nitrogens with zero attached hydrogens (tertiary/aromatic N) is 4. The van der Waals surface area contributed by atoms with Gasteiger partial charge in [-0.2, -0.15) is 6.07 Å². The third kappa shape index (κ3) is 8.06. The molecule has 0 bridgehead atoms. The van der Waals surface area contributed by atoms with Gasteiger partial charge in [0, 0.05) is 67.2 Å². The minimum Gasteiger partial charge on any atom is -0.509 e. The standard InChI is InChI=1S/C52H54FN4O.Pt/c1-49(2,3)33-20-21-44-45(27-33)56(38-25-35(51(7,8)9)24-36(26-38)52(10,11)12)32-55(44)37-16-15-17-39(29-37)58-40-30-42(53)48-41-18-13-14-19-43(41)57(46(48)31-40)47-28-34(22-23-54-47)50(4,5)6;/h13-28,30,32H,1-12H3;/q-3;. The summed E-state index contributed by atoms with van der Waals surface area (Å²) in [5.74, 6) is 1.02. The second-order valence-electron chi connectivity index (χ2n) is 19.8. The van der Waals surface area contributed by atoms with Gasteiger partial charge in [-0.25, -0.2) is 9.37 Å². The van der Waals surface area contributed by atoms with Crippen molar-refractivity contribution in [3.63, 3.8) is 0 Å². The molecule has 5 nitrogen and oxygen atoms in total. The number of rotatable bonds is 5. The number of hydrogen-bond donors (Lipinski definition) is 0. The van der Waals surface area contributed by atoms with Crippen LogP contribution in [0.25, 0.3) is 27.6 Å². The van der Waals surface area contributed by atoms with Crippen LogP contribution in [0.4, 0.5) is 27.1 Å². The fourth-order valence-electron chi connectivity index (χ4n) is 7.64. The van der Waals surface area contributed by atoms with E-state index in [1.165, 1.54) is 22.8 Å². The summed E-state index contributed by atoms with van der Waals surface area (Å²) in [6, 6.07) is 39.8. The van der Waals surface area contributed by atoms with E-state index in [9.17, 15) is 0 Å². The first-order chi connectivity index (χ1) is 27.2. The van der Waals surface area contributed by atoms with Crippen molar-refractivity contribution in [3.05, 3.63) is 150 Å². The van der Waals surface area contributed by atoms with E-state index in [1.54, 1.807) is 0 Å². The Balaban J connectivity index is 0.00000528. The van der Waals surface area contributed by atoms with Gasteiger partial charge in [0.05, 0.1) is 0 Å². The summed E-state index contributed by atoms with van der Waals surface area (Å²) in [5, 5.41) is 1.27. The monoisotopic (exact) mass is 964 g/mol.